The maximum Gasteiger partial charge on any atom is 0.255 e. The smallest absolute Gasteiger partial charge is 0.255 e. The van der Waals surface area contributed by atoms with Crippen LogP contribution in [0.1, 0.15) is 22.8 Å². The van der Waals surface area contributed by atoms with Gasteiger partial charge in [0, 0.05) is 37.4 Å². The number of nitrogens with zero attached hydrogens (tertiary/aromatic N) is 2. The van der Waals surface area contributed by atoms with E-state index in [9.17, 15) is 13.2 Å². The van der Waals surface area contributed by atoms with Gasteiger partial charge in [0.25, 0.3) is 5.91 Å². The van der Waals surface area contributed by atoms with Gasteiger partial charge in [-0.25, -0.2) is 8.42 Å². The molecule has 0 saturated carbocycles. The van der Waals surface area contributed by atoms with Crippen molar-refractivity contribution in [3.63, 3.8) is 0 Å². The Hall–Kier alpha value is -2.42. The fourth-order valence-electron chi connectivity index (χ4n) is 3.20. The summed E-state index contributed by atoms with van der Waals surface area (Å²) in [5, 5.41) is 2.81. The van der Waals surface area contributed by atoms with Crippen LogP contribution >= 0.6 is 0 Å². The highest BCUT2D eigenvalue weighted by Crippen LogP contribution is 2.22. The lowest BCUT2D eigenvalue weighted by Gasteiger charge is -2.31. The summed E-state index contributed by atoms with van der Waals surface area (Å²) in [6.07, 6.45) is 0. The van der Waals surface area contributed by atoms with E-state index in [4.69, 9.17) is 4.74 Å². The van der Waals surface area contributed by atoms with Gasteiger partial charge in [0.2, 0.25) is 10.0 Å². The summed E-state index contributed by atoms with van der Waals surface area (Å²) in [6, 6.07) is 11.6. The van der Waals surface area contributed by atoms with E-state index < -0.39 is 10.0 Å². The number of sulfonamides is 1. The molecule has 2 aromatic rings. The molecule has 0 atom stereocenters. The van der Waals surface area contributed by atoms with E-state index in [1.165, 1.54) is 16.4 Å². The monoisotopic (exact) mass is 417 g/mol. The van der Waals surface area contributed by atoms with Crippen LogP contribution in [0.25, 0.3) is 0 Å². The predicted molar refractivity (Wildman–Crippen MR) is 113 cm³/mol. The average Bonchev–Trinajstić information content (AvgIpc) is 2.70. The summed E-state index contributed by atoms with van der Waals surface area (Å²) in [6.45, 7) is 6.76. The lowest BCUT2D eigenvalue weighted by molar-refractivity contribution is 0.102. The second-order valence-electron chi connectivity index (χ2n) is 7.10. The van der Waals surface area contributed by atoms with Gasteiger partial charge in [0.1, 0.15) is 5.75 Å². The van der Waals surface area contributed by atoms with Gasteiger partial charge < -0.3 is 15.0 Å². The van der Waals surface area contributed by atoms with Crippen LogP contribution in [-0.4, -0.2) is 63.4 Å². The molecule has 0 bridgehead atoms. The molecule has 0 unspecified atom stereocenters. The SMILES string of the molecule is CCOc1ccc(C(=O)Nc2ccc(S(=O)(=O)N3CCN(C)CC3)cc2)cc1C. The standard InChI is InChI=1S/C21H27N3O4S/c1-4-28-20-10-5-17(15-16(20)2)21(25)22-18-6-8-19(9-7-18)29(26,27)24-13-11-23(3)12-14-24/h5-10,15H,4,11-14H2,1-3H3,(H,22,25). The summed E-state index contributed by atoms with van der Waals surface area (Å²) < 4.78 is 32.6. The lowest BCUT2D eigenvalue weighted by atomic mass is 10.1. The molecule has 0 aromatic heterocycles. The molecule has 1 saturated heterocycles. The zero-order valence-corrected chi connectivity index (χ0v) is 17.8. The number of carbonyl (C=O) groups is 1. The summed E-state index contributed by atoms with van der Waals surface area (Å²) in [5.41, 5.74) is 1.94. The molecule has 0 spiro atoms. The van der Waals surface area contributed by atoms with Crippen molar-refractivity contribution in [1.29, 1.82) is 0 Å². The number of amides is 1. The molecule has 156 valence electrons. The molecule has 1 fully saturated rings. The first-order chi connectivity index (χ1) is 13.8. The van der Waals surface area contributed by atoms with Crippen molar-refractivity contribution >= 4 is 21.6 Å². The van der Waals surface area contributed by atoms with Crippen LogP contribution in [0.5, 0.6) is 5.75 Å². The van der Waals surface area contributed by atoms with Crippen molar-refractivity contribution in [1.82, 2.24) is 9.21 Å². The molecule has 1 amide bonds. The summed E-state index contributed by atoms with van der Waals surface area (Å²) in [4.78, 5) is 14.9. The fourth-order valence-corrected chi connectivity index (χ4v) is 4.62. The number of hydrogen-bond acceptors (Lipinski definition) is 5. The van der Waals surface area contributed by atoms with Gasteiger partial charge in [-0.2, -0.15) is 4.31 Å². The third-order valence-electron chi connectivity index (χ3n) is 4.95. The largest absolute Gasteiger partial charge is 0.494 e. The molecule has 0 radical (unpaired) electrons. The Bertz CT molecular complexity index is 966. The van der Waals surface area contributed by atoms with Crippen LogP contribution in [0.15, 0.2) is 47.4 Å². The van der Waals surface area contributed by atoms with Gasteiger partial charge >= 0.3 is 0 Å². The molecule has 8 heteroatoms. The van der Waals surface area contributed by atoms with Crippen molar-refractivity contribution < 1.29 is 17.9 Å². The number of ether oxygens (including phenoxy) is 1. The lowest BCUT2D eigenvalue weighted by Crippen LogP contribution is -2.46. The zero-order valence-electron chi connectivity index (χ0n) is 17.0. The Morgan fingerprint density at radius 1 is 1.07 bits per heavy atom. The summed E-state index contributed by atoms with van der Waals surface area (Å²) in [5.74, 6) is 0.494. The molecular formula is C21H27N3O4S. The number of rotatable bonds is 6. The molecule has 2 aromatic carbocycles. The Morgan fingerprint density at radius 3 is 2.31 bits per heavy atom. The van der Waals surface area contributed by atoms with Crippen molar-refractivity contribution in [2.45, 2.75) is 18.7 Å². The first-order valence-electron chi connectivity index (χ1n) is 9.65. The quantitative estimate of drug-likeness (QED) is 0.782. The predicted octanol–water partition coefficient (Wildman–Crippen LogP) is 2.58. The van der Waals surface area contributed by atoms with E-state index in [2.05, 4.69) is 10.2 Å². The number of anilines is 1. The minimum Gasteiger partial charge on any atom is -0.494 e. The minimum absolute atomic E-state index is 0.233. The fraction of sp³-hybridized carbons (Fsp3) is 0.381. The summed E-state index contributed by atoms with van der Waals surface area (Å²) in [7, 11) is -1.54. The second kappa shape index (κ2) is 8.94. The Balaban J connectivity index is 1.69. The highest BCUT2D eigenvalue weighted by molar-refractivity contribution is 7.89. The number of carbonyl (C=O) groups excluding carboxylic acids is 1. The highest BCUT2D eigenvalue weighted by Gasteiger charge is 2.27. The molecule has 1 N–H and O–H groups in total. The number of likely N-dealkylation sites (N-methyl/N-ethyl adjacent to an activating group) is 1. The number of nitrogens with one attached hydrogen (secondary N) is 1. The van der Waals surface area contributed by atoms with Gasteiger partial charge in [-0.1, -0.05) is 0 Å². The molecule has 7 nitrogen and oxygen atoms in total. The van der Waals surface area contributed by atoms with Crippen LogP contribution in [0, 0.1) is 6.92 Å². The molecule has 3 rings (SSSR count). The topological polar surface area (TPSA) is 78.9 Å². The van der Waals surface area contributed by atoms with Gasteiger partial charge in [-0.05, 0) is 68.9 Å². The van der Waals surface area contributed by atoms with Crippen molar-refractivity contribution in [3.8, 4) is 5.75 Å². The average molecular weight is 418 g/mol. The van der Waals surface area contributed by atoms with Crippen LogP contribution in [-0.2, 0) is 10.0 Å². The second-order valence-corrected chi connectivity index (χ2v) is 9.04. The third-order valence-corrected chi connectivity index (χ3v) is 6.86. The Morgan fingerprint density at radius 2 is 1.72 bits per heavy atom. The number of aryl methyl sites for hydroxylation is 1. The Kier molecular flexibility index (Phi) is 6.56. The van der Waals surface area contributed by atoms with Gasteiger partial charge in [-0.15, -0.1) is 0 Å². The maximum absolute atomic E-state index is 12.8. The zero-order chi connectivity index (χ0) is 21.0. The third kappa shape index (κ3) is 4.95. The first kappa shape index (κ1) is 21.3. The maximum atomic E-state index is 12.8. The van der Waals surface area contributed by atoms with Gasteiger partial charge in [0.05, 0.1) is 11.5 Å². The van der Waals surface area contributed by atoms with E-state index in [1.807, 2.05) is 20.9 Å². The number of benzene rings is 2. The number of hydrogen-bond donors (Lipinski definition) is 1. The van der Waals surface area contributed by atoms with Gasteiger partial charge in [-0.3, -0.25) is 4.79 Å². The number of piperazine rings is 1. The van der Waals surface area contributed by atoms with Crippen LogP contribution in [0.4, 0.5) is 5.69 Å². The van der Waals surface area contributed by atoms with Crippen LogP contribution in [0.3, 0.4) is 0 Å². The van der Waals surface area contributed by atoms with E-state index in [1.54, 1.807) is 30.3 Å². The normalized spacial score (nSPS) is 15.8. The first-order valence-corrected chi connectivity index (χ1v) is 11.1. The van der Waals surface area contributed by atoms with Crippen LogP contribution in [0.2, 0.25) is 0 Å². The van der Waals surface area contributed by atoms with Crippen molar-refractivity contribution in [2.24, 2.45) is 0 Å². The Labute approximate surface area is 172 Å². The van der Waals surface area contributed by atoms with E-state index >= 15 is 0 Å². The van der Waals surface area contributed by atoms with E-state index in [-0.39, 0.29) is 10.8 Å². The van der Waals surface area contributed by atoms with E-state index in [0.717, 1.165) is 24.4 Å². The van der Waals surface area contributed by atoms with Crippen molar-refractivity contribution in [3.05, 3.63) is 53.6 Å². The molecule has 1 aliphatic heterocycles. The summed E-state index contributed by atoms with van der Waals surface area (Å²) >= 11 is 0. The molecule has 1 heterocycles. The molecule has 29 heavy (non-hydrogen) atoms. The minimum atomic E-state index is -3.52. The van der Waals surface area contributed by atoms with Crippen molar-refractivity contribution in [2.75, 3.05) is 45.2 Å². The highest BCUT2D eigenvalue weighted by atomic mass is 32.2. The van der Waals surface area contributed by atoms with Gasteiger partial charge in [0.15, 0.2) is 0 Å². The van der Waals surface area contributed by atoms with Crippen LogP contribution < -0.4 is 10.1 Å². The molecule has 1 aliphatic rings. The molecular weight excluding hydrogens is 390 g/mol. The van der Waals surface area contributed by atoms with E-state index in [0.29, 0.717) is 30.9 Å². The molecule has 0 aliphatic carbocycles.